The van der Waals surface area contributed by atoms with E-state index in [0.717, 1.165) is 45.6 Å². The highest BCUT2D eigenvalue weighted by molar-refractivity contribution is 5.79. The zero-order valence-corrected chi connectivity index (χ0v) is 11.2. The number of rotatable bonds is 4. The molecule has 0 radical (unpaired) electrons. The SMILES string of the molecule is CCC(CO)N1CCN(C(=O)C2CCOC2)CC1. The van der Waals surface area contributed by atoms with Gasteiger partial charge in [0.15, 0.2) is 0 Å². The minimum absolute atomic E-state index is 0.0800. The third-order valence-corrected chi connectivity index (χ3v) is 4.10. The van der Waals surface area contributed by atoms with E-state index in [-0.39, 0.29) is 24.5 Å². The predicted octanol–water partition coefficient (Wildman–Crippen LogP) is -0.0620. The van der Waals surface area contributed by atoms with Crippen LogP contribution in [0.5, 0.6) is 0 Å². The topological polar surface area (TPSA) is 53.0 Å². The fraction of sp³-hybridized carbons (Fsp3) is 0.923. The minimum atomic E-state index is 0.0800. The number of hydrogen-bond donors (Lipinski definition) is 1. The monoisotopic (exact) mass is 256 g/mol. The minimum Gasteiger partial charge on any atom is -0.395 e. The number of nitrogens with zero attached hydrogens (tertiary/aromatic N) is 2. The third-order valence-electron chi connectivity index (χ3n) is 4.10. The number of carbonyl (C=O) groups excluding carboxylic acids is 1. The van der Waals surface area contributed by atoms with Gasteiger partial charge in [-0.2, -0.15) is 0 Å². The fourth-order valence-corrected chi connectivity index (χ4v) is 2.80. The number of aliphatic hydroxyl groups is 1. The lowest BCUT2D eigenvalue weighted by atomic mass is 10.1. The third kappa shape index (κ3) is 3.02. The molecule has 0 aromatic rings. The lowest BCUT2D eigenvalue weighted by Gasteiger charge is -2.39. The first-order valence-electron chi connectivity index (χ1n) is 6.97. The van der Waals surface area contributed by atoms with Crippen LogP contribution in [0.3, 0.4) is 0 Å². The van der Waals surface area contributed by atoms with Gasteiger partial charge in [-0.25, -0.2) is 0 Å². The zero-order chi connectivity index (χ0) is 13.0. The Bertz CT molecular complexity index is 267. The molecule has 1 N–H and O–H groups in total. The molecule has 2 aliphatic rings. The summed E-state index contributed by atoms with van der Waals surface area (Å²) in [5.41, 5.74) is 0. The second-order valence-electron chi connectivity index (χ2n) is 5.17. The lowest BCUT2D eigenvalue weighted by molar-refractivity contribution is -0.137. The molecule has 5 heteroatoms. The molecule has 18 heavy (non-hydrogen) atoms. The fourth-order valence-electron chi connectivity index (χ4n) is 2.80. The first-order chi connectivity index (χ1) is 8.76. The van der Waals surface area contributed by atoms with E-state index < -0.39 is 0 Å². The Morgan fingerprint density at radius 1 is 1.39 bits per heavy atom. The molecule has 2 aliphatic heterocycles. The molecule has 0 aliphatic carbocycles. The number of ether oxygens (including phenoxy) is 1. The van der Waals surface area contributed by atoms with Gasteiger partial charge in [-0.15, -0.1) is 0 Å². The van der Waals surface area contributed by atoms with Crippen LogP contribution in [0, 0.1) is 5.92 Å². The summed E-state index contributed by atoms with van der Waals surface area (Å²) in [5.74, 6) is 0.334. The van der Waals surface area contributed by atoms with Crippen LogP contribution in [0.15, 0.2) is 0 Å². The summed E-state index contributed by atoms with van der Waals surface area (Å²) in [6, 6.07) is 0.247. The Hall–Kier alpha value is -0.650. The van der Waals surface area contributed by atoms with Gasteiger partial charge in [-0.1, -0.05) is 6.92 Å². The van der Waals surface area contributed by atoms with E-state index in [4.69, 9.17) is 4.74 Å². The molecule has 2 atom stereocenters. The van der Waals surface area contributed by atoms with Crippen LogP contribution in [0.1, 0.15) is 19.8 Å². The van der Waals surface area contributed by atoms with Crippen molar-refractivity contribution in [3.05, 3.63) is 0 Å². The molecule has 5 nitrogen and oxygen atoms in total. The summed E-state index contributed by atoms with van der Waals surface area (Å²) in [7, 11) is 0. The van der Waals surface area contributed by atoms with Crippen molar-refractivity contribution < 1.29 is 14.6 Å². The van der Waals surface area contributed by atoms with Crippen LogP contribution in [0.4, 0.5) is 0 Å². The molecule has 0 saturated carbocycles. The summed E-state index contributed by atoms with van der Waals surface area (Å²) in [5, 5.41) is 9.29. The summed E-state index contributed by atoms with van der Waals surface area (Å²) in [4.78, 5) is 16.4. The molecule has 0 aromatic heterocycles. The van der Waals surface area contributed by atoms with E-state index in [2.05, 4.69) is 11.8 Å². The van der Waals surface area contributed by atoms with Crippen LogP contribution in [-0.2, 0) is 9.53 Å². The molecule has 104 valence electrons. The summed E-state index contributed by atoms with van der Waals surface area (Å²) < 4.78 is 5.27. The van der Waals surface area contributed by atoms with E-state index in [9.17, 15) is 9.90 Å². The van der Waals surface area contributed by atoms with Crippen molar-refractivity contribution in [1.29, 1.82) is 0 Å². The van der Waals surface area contributed by atoms with Crippen LogP contribution in [0.25, 0.3) is 0 Å². The molecule has 2 fully saturated rings. The van der Waals surface area contributed by atoms with Crippen molar-refractivity contribution in [1.82, 2.24) is 9.80 Å². The molecular weight excluding hydrogens is 232 g/mol. The quantitative estimate of drug-likeness (QED) is 0.765. The van der Waals surface area contributed by atoms with Crippen molar-refractivity contribution in [2.45, 2.75) is 25.8 Å². The van der Waals surface area contributed by atoms with Gasteiger partial charge in [-0.3, -0.25) is 9.69 Å². The van der Waals surface area contributed by atoms with Gasteiger partial charge in [0.1, 0.15) is 0 Å². The summed E-state index contributed by atoms with van der Waals surface area (Å²) >= 11 is 0. The Labute approximate surface area is 109 Å². The van der Waals surface area contributed by atoms with Crippen molar-refractivity contribution in [2.24, 2.45) is 5.92 Å². The van der Waals surface area contributed by atoms with E-state index >= 15 is 0 Å². The van der Waals surface area contributed by atoms with Crippen LogP contribution in [-0.4, -0.2) is 72.9 Å². The standard InChI is InChI=1S/C13H24N2O3/c1-2-12(9-16)14-4-6-15(7-5-14)13(17)11-3-8-18-10-11/h11-12,16H,2-10H2,1H3. The van der Waals surface area contributed by atoms with Crippen LogP contribution >= 0.6 is 0 Å². The van der Waals surface area contributed by atoms with Gasteiger partial charge in [0, 0.05) is 38.8 Å². The van der Waals surface area contributed by atoms with E-state index in [1.165, 1.54) is 0 Å². The maximum atomic E-state index is 12.2. The second kappa shape index (κ2) is 6.50. The first-order valence-corrected chi connectivity index (χ1v) is 6.97. The van der Waals surface area contributed by atoms with Crippen molar-refractivity contribution in [3.8, 4) is 0 Å². The van der Waals surface area contributed by atoms with E-state index in [1.807, 2.05) is 4.90 Å². The Morgan fingerprint density at radius 3 is 2.61 bits per heavy atom. The molecule has 2 saturated heterocycles. The van der Waals surface area contributed by atoms with Gasteiger partial charge in [0.2, 0.25) is 5.91 Å². The predicted molar refractivity (Wildman–Crippen MR) is 68.2 cm³/mol. The number of aliphatic hydroxyl groups excluding tert-OH is 1. The smallest absolute Gasteiger partial charge is 0.228 e. The highest BCUT2D eigenvalue weighted by Gasteiger charge is 2.31. The molecule has 2 heterocycles. The molecule has 1 amide bonds. The number of carbonyl (C=O) groups is 1. The molecule has 2 unspecified atom stereocenters. The molecular formula is C13H24N2O3. The average molecular weight is 256 g/mol. The molecule has 0 spiro atoms. The zero-order valence-electron chi connectivity index (χ0n) is 11.2. The van der Waals surface area contributed by atoms with Crippen LogP contribution in [0.2, 0.25) is 0 Å². The Kier molecular flexibility index (Phi) is 4.97. The van der Waals surface area contributed by atoms with Crippen LogP contribution < -0.4 is 0 Å². The number of piperazine rings is 1. The van der Waals surface area contributed by atoms with Crippen molar-refractivity contribution in [2.75, 3.05) is 46.0 Å². The van der Waals surface area contributed by atoms with Gasteiger partial charge < -0.3 is 14.7 Å². The molecule has 0 bridgehead atoms. The largest absolute Gasteiger partial charge is 0.395 e. The summed E-state index contributed by atoms with van der Waals surface area (Å²) in [6.45, 7) is 6.93. The number of hydrogen-bond acceptors (Lipinski definition) is 4. The highest BCUT2D eigenvalue weighted by Crippen LogP contribution is 2.17. The first kappa shape index (κ1) is 13.8. The van der Waals surface area contributed by atoms with Gasteiger partial charge >= 0.3 is 0 Å². The highest BCUT2D eigenvalue weighted by atomic mass is 16.5. The maximum absolute atomic E-state index is 12.2. The maximum Gasteiger partial charge on any atom is 0.228 e. The van der Waals surface area contributed by atoms with Gasteiger partial charge in [-0.05, 0) is 12.8 Å². The normalized spacial score (nSPS) is 27.4. The molecule has 2 rings (SSSR count). The van der Waals surface area contributed by atoms with E-state index in [0.29, 0.717) is 6.61 Å². The Balaban J connectivity index is 1.80. The van der Waals surface area contributed by atoms with Crippen molar-refractivity contribution >= 4 is 5.91 Å². The van der Waals surface area contributed by atoms with Crippen molar-refractivity contribution in [3.63, 3.8) is 0 Å². The summed E-state index contributed by atoms with van der Waals surface area (Å²) in [6.07, 6.45) is 1.83. The molecule has 0 aromatic carbocycles. The van der Waals surface area contributed by atoms with Gasteiger partial charge in [0.05, 0.1) is 19.1 Å². The average Bonchev–Trinajstić information content (AvgIpc) is 2.94. The number of amides is 1. The van der Waals surface area contributed by atoms with E-state index in [1.54, 1.807) is 0 Å². The second-order valence-corrected chi connectivity index (χ2v) is 5.17. The Morgan fingerprint density at radius 2 is 2.11 bits per heavy atom. The van der Waals surface area contributed by atoms with Gasteiger partial charge in [0.25, 0.3) is 0 Å². The lowest BCUT2D eigenvalue weighted by Crippen LogP contribution is -2.53.